The van der Waals surface area contributed by atoms with Crippen LogP contribution in [0.3, 0.4) is 0 Å². The molecule has 0 fully saturated rings. The molecule has 0 aliphatic rings. The van der Waals surface area contributed by atoms with Crippen LogP contribution < -0.4 is 4.74 Å². The zero-order valence-corrected chi connectivity index (χ0v) is 10.4. The fourth-order valence-corrected chi connectivity index (χ4v) is 1.72. The van der Waals surface area contributed by atoms with Crippen LogP contribution in [-0.2, 0) is 6.61 Å². The Kier molecular flexibility index (Phi) is 3.36. The zero-order chi connectivity index (χ0) is 13.8. The van der Waals surface area contributed by atoms with Gasteiger partial charge in [0.2, 0.25) is 5.88 Å². The lowest BCUT2D eigenvalue weighted by molar-refractivity contribution is 0.291. The second kappa shape index (κ2) is 5.48. The van der Waals surface area contributed by atoms with Crippen molar-refractivity contribution in [3.63, 3.8) is 0 Å². The third kappa shape index (κ3) is 2.64. The Morgan fingerprint density at radius 3 is 2.75 bits per heavy atom. The summed E-state index contributed by atoms with van der Waals surface area (Å²) in [5.41, 5.74) is 2.13. The van der Waals surface area contributed by atoms with Crippen molar-refractivity contribution in [3.05, 3.63) is 60.5 Å². The first kappa shape index (κ1) is 12.3. The smallest absolute Gasteiger partial charge is 0.232 e. The second-order valence-corrected chi connectivity index (χ2v) is 4.03. The fraction of sp³-hybridized carbons (Fsp3) is 0.0714. The van der Waals surface area contributed by atoms with Gasteiger partial charge in [0.1, 0.15) is 24.4 Å². The van der Waals surface area contributed by atoms with Gasteiger partial charge in [0.25, 0.3) is 0 Å². The highest BCUT2D eigenvalue weighted by atomic mass is 19.1. The summed E-state index contributed by atoms with van der Waals surface area (Å²) in [7, 11) is 0. The predicted molar refractivity (Wildman–Crippen MR) is 68.3 cm³/mol. The molecule has 0 atom stereocenters. The summed E-state index contributed by atoms with van der Waals surface area (Å²) in [6.45, 7) is 0.245. The van der Waals surface area contributed by atoms with E-state index in [-0.39, 0.29) is 12.4 Å². The van der Waals surface area contributed by atoms with E-state index >= 15 is 0 Å². The van der Waals surface area contributed by atoms with E-state index in [4.69, 9.17) is 9.26 Å². The van der Waals surface area contributed by atoms with Crippen LogP contribution in [-0.4, -0.2) is 15.1 Å². The maximum Gasteiger partial charge on any atom is 0.232 e. The Bertz CT molecular complexity index is 683. The first-order valence-electron chi connectivity index (χ1n) is 5.91. The van der Waals surface area contributed by atoms with E-state index in [0.717, 1.165) is 11.1 Å². The molecule has 0 aliphatic carbocycles. The number of hydrogen-bond donors (Lipinski definition) is 0. The molecule has 0 bridgehead atoms. The van der Waals surface area contributed by atoms with E-state index in [1.165, 1.54) is 24.6 Å². The topological polar surface area (TPSA) is 61.0 Å². The van der Waals surface area contributed by atoms with Crippen LogP contribution in [0.5, 0.6) is 5.88 Å². The number of ether oxygens (including phenoxy) is 1. The molecule has 0 unspecified atom stereocenters. The van der Waals surface area contributed by atoms with Crippen molar-refractivity contribution >= 4 is 0 Å². The van der Waals surface area contributed by atoms with Gasteiger partial charge in [0.15, 0.2) is 0 Å². The minimum absolute atomic E-state index is 0.245. The molecule has 1 aromatic carbocycles. The highest BCUT2D eigenvalue weighted by Crippen LogP contribution is 2.23. The van der Waals surface area contributed by atoms with Crippen molar-refractivity contribution in [2.75, 3.05) is 0 Å². The maximum absolute atomic E-state index is 12.9. The summed E-state index contributed by atoms with van der Waals surface area (Å²) < 4.78 is 23.4. The van der Waals surface area contributed by atoms with Crippen molar-refractivity contribution in [1.29, 1.82) is 0 Å². The summed E-state index contributed by atoms with van der Waals surface area (Å²) in [6.07, 6.45) is 6.13. The Hall–Kier alpha value is -2.76. The maximum atomic E-state index is 12.9. The van der Waals surface area contributed by atoms with Crippen LogP contribution in [0.2, 0.25) is 0 Å². The molecule has 5 nitrogen and oxygen atoms in total. The molecule has 3 aromatic rings. The van der Waals surface area contributed by atoms with Crippen LogP contribution in [0.15, 0.2) is 53.6 Å². The van der Waals surface area contributed by atoms with Gasteiger partial charge in [0.05, 0.1) is 11.8 Å². The Morgan fingerprint density at radius 2 is 2.00 bits per heavy atom. The van der Waals surface area contributed by atoms with Gasteiger partial charge in [-0.2, -0.15) is 0 Å². The van der Waals surface area contributed by atoms with Gasteiger partial charge in [0, 0.05) is 18.0 Å². The number of halogens is 1. The van der Waals surface area contributed by atoms with E-state index in [1.54, 1.807) is 24.5 Å². The Labute approximate surface area is 114 Å². The number of benzene rings is 1. The van der Waals surface area contributed by atoms with Crippen molar-refractivity contribution in [1.82, 2.24) is 15.1 Å². The van der Waals surface area contributed by atoms with Gasteiger partial charge < -0.3 is 9.26 Å². The normalized spacial score (nSPS) is 10.4. The molecule has 20 heavy (non-hydrogen) atoms. The Morgan fingerprint density at radius 1 is 1.15 bits per heavy atom. The lowest BCUT2D eigenvalue weighted by Crippen LogP contribution is -1.98. The molecule has 2 aromatic heterocycles. The molecule has 6 heteroatoms. The average Bonchev–Trinajstić information content (AvgIpc) is 2.95. The van der Waals surface area contributed by atoms with Crippen molar-refractivity contribution in [2.45, 2.75) is 6.61 Å². The van der Waals surface area contributed by atoms with Gasteiger partial charge in [-0.05, 0) is 24.3 Å². The van der Waals surface area contributed by atoms with Crippen LogP contribution in [0, 0.1) is 5.82 Å². The van der Waals surface area contributed by atoms with E-state index in [0.29, 0.717) is 11.6 Å². The van der Waals surface area contributed by atoms with Gasteiger partial charge in [-0.25, -0.2) is 9.37 Å². The summed E-state index contributed by atoms with van der Waals surface area (Å²) in [6, 6.07) is 6.02. The summed E-state index contributed by atoms with van der Waals surface area (Å²) in [5, 5.41) is 3.91. The van der Waals surface area contributed by atoms with Gasteiger partial charge in [-0.3, -0.25) is 4.98 Å². The molecular formula is C14H10FN3O2. The quantitative estimate of drug-likeness (QED) is 0.730. The van der Waals surface area contributed by atoms with Crippen molar-refractivity contribution < 1.29 is 13.7 Å². The third-order valence-electron chi connectivity index (χ3n) is 2.68. The fourth-order valence-electron chi connectivity index (χ4n) is 1.72. The molecule has 0 spiro atoms. The van der Waals surface area contributed by atoms with Gasteiger partial charge in [-0.1, -0.05) is 5.16 Å². The van der Waals surface area contributed by atoms with Gasteiger partial charge in [-0.15, -0.1) is 0 Å². The zero-order valence-electron chi connectivity index (χ0n) is 10.4. The number of rotatable bonds is 4. The lowest BCUT2D eigenvalue weighted by Gasteiger charge is -2.04. The second-order valence-electron chi connectivity index (χ2n) is 4.03. The van der Waals surface area contributed by atoms with Crippen LogP contribution in [0.25, 0.3) is 11.3 Å². The van der Waals surface area contributed by atoms with Crippen LogP contribution in [0.1, 0.15) is 5.56 Å². The van der Waals surface area contributed by atoms with E-state index in [9.17, 15) is 4.39 Å². The number of aromatic nitrogens is 3. The molecule has 3 rings (SSSR count). The van der Waals surface area contributed by atoms with Crippen molar-refractivity contribution in [2.24, 2.45) is 0 Å². The molecule has 2 heterocycles. The first-order chi connectivity index (χ1) is 9.83. The first-order valence-corrected chi connectivity index (χ1v) is 5.91. The number of nitrogens with zero attached hydrogens (tertiary/aromatic N) is 3. The number of hydrogen-bond acceptors (Lipinski definition) is 5. The van der Waals surface area contributed by atoms with E-state index < -0.39 is 0 Å². The standard InChI is InChI=1S/C14H10FN3O2/c15-12-3-1-10(2-4-12)14-11(9-20-18-14)8-19-13-7-16-5-6-17-13/h1-7,9H,8H2. The molecule has 0 radical (unpaired) electrons. The van der Waals surface area contributed by atoms with E-state index in [2.05, 4.69) is 15.1 Å². The molecular weight excluding hydrogens is 261 g/mol. The minimum atomic E-state index is -0.297. The molecule has 0 saturated heterocycles. The molecule has 0 N–H and O–H groups in total. The lowest BCUT2D eigenvalue weighted by atomic mass is 10.1. The highest BCUT2D eigenvalue weighted by molar-refractivity contribution is 5.61. The SMILES string of the molecule is Fc1ccc(-c2nocc2COc2cnccn2)cc1. The van der Waals surface area contributed by atoms with E-state index in [1.807, 2.05) is 0 Å². The average molecular weight is 271 g/mol. The van der Waals surface area contributed by atoms with Crippen LogP contribution in [0.4, 0.5) is 4.39 Å². The van der Waals surface area contributed by atoms with Gasteiger partial charge >= 0.3 is 0 Å². The Balaban J connectivity index is 1.78. The van der Waals surface area contributed by atoms with Crippen molar-refractivity contribution in [3.8, 4) is 17.1 Å². The van der Waals surface area contributed by atoms with Crippen LogP contribution >= 0.6 is 0 Å². The largest absolute Gasteiger partial charge is 0.471 e. The predicted octanol–water partition coefficient (Wildman–Crippen LogP) is 2.85. The minimum Gasteiger partial charge on any atom is -0.471 e. The summed E-state index contributed by atoms with van der Waals surface area (Å²) >= 11 is 0. The molecule has 0 saturated carbocycles. The molecule has 0 amide bonds. The monoisotopic (exact) mass is 271 g/mol. The summed E-state index contributed by atoms with van der Waals surface area (Å²) in [4.78, 5) is 7.91. The molecule has 100 valence electrons. The summed E-state index contributed by atoms with van der Waals surface area (Å²) in [5.74, 6) is 0.119. The molecule has 0 aliphatic heterocycles. The highest BCUT2D eigenvalue weighted by Gasteiger charge is 2.11. The third-order valence-corrected chi connectivity index (χ3v) is 2.68.